The molecule has 31 heavy (non-hydrogen) atoms. The molecule has 0 aliphatic heterocycles. The van der Waals surface area contributed by atoms with Gasteiger partial charge in [0.1, 0.15) is 5.69 Å². The number of amides is 1. The van der Waals surface area contributed by atoms with Gasteiger partial charge in [-0.1, -0.05) is 47.7 Å². The number of fused-ring (bicyclic) bond motifs is 1. The van der Waals surface area contributed by atoms with Gasteiger partial charge in [0.05, 0.1) is 17.2 Å². The van der Waals surface area contributed by atoms with E-state index in [-0.39, 0.29) is 17.3 Å². The minimum atomic E-state index is -0.576. The van der Waals surface area contributed by atoms with E-state index in [1.807, 2.05) is 42.5 Å². The smallest absolute Gasteiger partial charge is 0.294 e. The predicted octanol–water partition coefficient (Wildman–Crippen LogP) is 1.54. The third kappa shape index (κ3) is 3.37. The molecule has 1 amide bonds. The SMILES string of the molecule is Nc1nonc1-n1nnc(C(=O)NN=Cc2nc3ccccc3[nH]2)c1-c1ccccc1. The number of nitrogen functional groups attached to an aromatic ring is 1. The number of para-hydroxylation sites is 2. The first-order valence-corrected chi connectivity index (χ1v) is 9.08. The average Bonchev–Trinajstić information content (AvgIpc) is 3.51. The molecule has 3 heterocycles. The van der Waals surface area contributed by atoms with E-state index in [1.165, 1.54) is 10.9 Å². The maximum absolute atomic E-state index is 12.8. The van der Waals surface area contributed by atoms with Crippen molar-refractivity contribution in [1.82, 2.24) is 40.7 Å². The third-order valence-corrected chi connectivity index (χ3v) is 4.39. The molecule has 0 aliphatic rings. The van der Waals surface area contributed by atoms with Gasteiger partial charge >= 0.3 is 0 Å². The molecule has 3 aromatic heterocycles. The van der Waals surface area contributed by atoms with Crippen molar-refractivity contribution in [1.29, 1.82) is 0 Å². The van der Waals surface area contributed by atoms with Gasteiger partial charge < -0.3 is 10.7 Å². The molecule has 0 radical (unpaired) electrons. The standard InChI is InChI=1S/C19H14N10O2/c20-17-18(27-31-26-17)29-16(11-6-2-1-3-7-11)15(24-28-29)19(30)25-21-10-14-22-12-8-4-5-9-13(12)23-14/h1-10H,(H2,20,26)(H,22,23)(H,25,30). The fourth-order valence-electron chi connectivity index (χ4n) is 3.01. The quantitative estimate of drug-likeness (QED) is 0.288. The lowest BCUT2D eigenvalue weighted by Gasteiger charge is -2.05. The van der Waals surface area contributed by atoms with E-state index in [2.05, 4.69) is 45.7 Å². The number of aromatic nitrogens is 7. The number of rotatable bonds is 5. The van der Waals surface area contributed by atoms with E-state index in [1.54, 1.807) is 12.1 Å². The molecule has 0 bridgehead atoms. The Morgan fingerprint density at radius 3 is 2.71 bits per heavy atom. The molecule has 12 heteroatoms. The van der Waals surface area contributed by atoms with Gasteiger partial charge in [0.2, 0.25) is 11.6 Å². The summed E-state index contributed by atoms with van der Waals surface area (Å²) < 4.78 is 5.94. The lowest BCUT2D eigenvalue weighted by molar-refractivity contribution is 0.0950. The largest absolute Gasteiger partial charge is 0.378 e. The molecule has 5 aromatic rings. The summed E-state index contributed by atoms with van der Waals surface area (Å²) in [6.07, 6.45) is 1.41. The number of aromatic amines is 1. The number of nitrogens with two attached hydrogens (primary N) is 1. The molecule has 4 N–H and O–H groups in total. The minimum Gasteiger partial charge on any atom is -0.378 e. The molecule has 0 unspecified atom stereocenters. The van der Waals surface area contributed by atoms with Gasteiger partial charge in [-0.25, -0.2) is 15.0 Å². The van der Waals surface area contributed by atoms with Crippen molar-refractivity contribution in [2.75, 3.05) is 5.73 Å². The van der Waals surface area contributed by atoms with Gasteiger partial charge in [-0.3, -0.25) is 4.79 Å². The molecule has 0 atom stereocenters. The second-order valence-corrected chi connectivity index (χ2v) is 6.38. The molecule has 0 spiro atoms. The number of imidazole rings is 1. The molecule has 0 fully saturated rings. The fraction of sp³-hybridized carbons (Fsp3) is 0. The van der Waals surface area contributed by atoms with E-state index in [0.29, 0.717) is 17.1 Å². The highest BCUT2D eigenvalue weighted by molar-refractivity contribution is 5.98. The number of hydrazone groups is 1. The van der Waals surface area contributed by atoms with E-state index in [0.717, 1.165) is 11.0 Å². The molecule has 152 valence electrons. The van der Waals surface area contributed by atoms with Gasteiger partial charge in [-0.2, -0.15) is 9.78 Å². The van der Waals surface area contributed by atoms with Gasteiger partial charge in [-0.05, 0) is 22.4 Å². The van der Waals surface area contributed by atoms with Gasteiger partial charge in [0, 0.05) is 5.56 Å². The number of hydrogen-bond acceptors (Lipinski definition) is 9. The van der Waals surface area contributed by atoms with Crippen LogP contribution >= 0.6 is 0 Å². The van der Waals surface area contributed by atoms with E-state index in [4.69, 9.17) is 5.73 Å². The lowest BCUT2D eigenvalue weighted by Crippen LogP contribution is -2.19. The number of H-pyrrole nitrogens is 1. The van der Waals surface area contributed by atoms with Crippen LogP contribution in [0.25, 0.3) is 28.1 Å². The van der Waals surface area contributed by atoms with Crippen LogP contribution in [0.2, 0.25) is 0 Å². The number of nitrogens with zero attached hydrogens (tertiary/aromatic N) is 7. The Labute approximate surface area is 173 Å². The van der Waals surface area contributed by atoms with Gasteiger partial charge in [0.25, 0.3) is 5.91 Å². The zero-order chi connectivity index (χ0) is 21.2. The van der Waals surface area contributed by atoms with Crippen LogP contribution in [-0.4, -0.2) is 47.4 Å². The van der Waals surface area contributed by atoms with Gasteiger partial charge in [0.15, 0.2) is 11.5 Å². The highest BCUT2D eigenvalue weighted by Crippen LogP contribution is 2.26. The lowest BCUT2D eigenvalue weighted by atomic mass is 10.1. The molecule has 5 rings (SSSR count). The second-order valence-electron chi connectivity index (χ2n) is 6.38. The van der Waals surface area contributed by atoms with Crippen molar-refractivity contribution in [3.05, 3.63) is 66.1 Å². The Morgan fingerprint density at radius 2 is 1.94 bits per heavy atom. The number of carbonyl (C=O) groups is 1. The zero-order valence-electron chi connectivity index (χ0n) is 15.8. The van der Waals surface area contributed by atoms with Crippen molar-refractivity contribution in [2.24, 2.45) is 5.10 Å². The van der Waals surface area contributed by atoms with Crippen LogP contribution in [-0.2, 0) is 0 Å². The molecule has 0 saturated heterocycles. The Morgan fingerprint density at radius 1 is 1.13 bits per heavy atom. The first kappa shape index (κ1) is 18.2. The van der Waals surface area contributed by atoms with E-state index in [9.17, 15) is 4.79 Å². The maximum Gasteiger partial charge on any atom is 0.294 e. The normalized spacial score (nSPS) is 11.4. The number of hydrogen-bond donors (Lipinski definition) is 3. The summed E-state index contributed by atoms with van der Waals surface area (Å²) in [5.74, 6) is 0.0514. The molecular formula is C19H14N10O2. The van der Waals surface area contributed by atoms with Crippen LogP contribution in [0.4, 0.5) is 5.82 Å². The summed E-state index contributed by atoms with van der Waals surface area (Å²) in [5.41, 5.74) is 10.9. The second kappa shape index (κ2) is 7.51. The van der Waals surface area contributed by atoms with E-state index >= 15 is 0 Å². The summed E-state index contributed by atoms with van der Waals surface area (Å²) in [6.45, 7) is 0. The Balaban J connectivity index is 1.46. The molecule has 0 saturated carbocycles. The molecular weight excluding hydrogens is 400 g/mol. The summed E-state index contributed by atoms with van der Waals surface area (Å²) in [5, 5.41) is 19.3. The first-order chi connectivity index (χ1) is 15.2. The van der Waals surface area contributed by atoms with Crippen molar-refractivity contribution >= 4 is 29.0 Å². The number of benzene rings is 2. The van der Waals surface area contributed by atoms with Crippen molar-refractivity contribution in [3.63, 3.8) is 0 Å². The van der Waals surface area contributed by atoms with Crippen molar-refractivity contribution < 1.29 is 9.42 Å². The number of nitrogens with one attached hydrogen (secondary N) is 2. The average molecular weight is 414 g/mol. The monoisotopic (exact) mass is 414 g/mol. The first-order valence-electron chi connectivity index (χ1n) is 9.08. The molecule has 2 aromatic carbocycles. The maximum atomic E-state index is 12.8. The van der Waals surface area contributed by atoms with Crippen molar-refractivity contribution in [3.8, 4) is 17.1 Å². The van der Waals surface area contributed by atoms with Crippen LogP contribution in [0, 0.1) is 0 Å². The Kier molecular flexibility index (Phi) is 4.41. The number of anilines is 1. The summed E-state index contributed by atoms with van der Waals surface area (Å²) in [6, 6.07) is 16.6. The topological polar surface area (TPSA) is 166 Å². The molecule has 0 aliphatic carbocycles. The molecule has 12 nitrogen and oxygen atoms in total. The summed E-state index contributed by atoms with van der Waals surface area (Å²) in [7, 11) is 0. The number of carbonyl (C=O) groups excluding carboxylic acids is 1. The van der Waals surface area contributed by atoms with Crippen molar-refractivity contribution in [2.45, 2.75) is 0 Å². The van der Waals surface area contributed by atoms with Crippen LogP contribution in [0.5, 0.6) is 0 Å². The highest BCUT2D eigenvalue weighted by Gasteiger charge is 2.24. The van der Waals surface area contributed by atoms with Crippen LogP contribution < -0.4 is 11.2 Å². The van der Waals surface area contributed by atoms with Crippen LogP contribution in [0.3, 0.4) is 0 Å². The highest BCUT2D eigenvalue weighted by atomic mass is 16.6. The zero-order valence-corrected chi connectivity index (χ0v) is 15.8. The Bertz CT molecular complexity index is 1370. The fourth-order valence-corrected chi connectivity index (χ4v) is 3.01. The predicted molar refractivity (Wildman–Crippen MR) is 110 cm³/mol. The Hall–Kier alpha value is -4.87. The van der Waals surface area contributed by atoms with E-state index < -0.39 is 5.91 Å². The van der Waals surface area contributed by atoms with Crippen LogP contribution in [0.15, 0.2) is 64.3 Å². The minimum absolute atomic E-state index is 0.0111. The third-order valence-electron chi connectivity index (χ3n) is 4.39. The van der Waals surface area contributed by atoms with Crippen LogP contribution in [0.1, 0.15) is 16.3 Å². The van der Waals surface area contributed by atoms with Gasteiger partial charge in [-0.15, -0.1) is 5.10 Å². The summed E-state index contributed by atoms with van der Waals surface area (Å²) >= 11 is 0. The summed E-state index contributed by atoms with van der Waals surface area (Å²) in [4.78, 5) is 20.3.